The normalized spacial score (nSPS) is 23.7. The lowest BCUT2D eigenvalue weighted by molar-refractivity contribution is 0.323. The van der Waals surface area contributed by atoms with Crippen molar-refractivity contribution in [1.82, 2.24) is 9.97 Å². The average Bonchev–Trinajstić information content (AvgIpc) is 2.70. The fraction of sp³-hybridized carbons (Fsp3) is 0.667. The highest BCUT2D eigenvalue weighted by Gasteiger charge is 2.24. The van der Waals surface area contributed by atoms with Crippen molar-refractivity contribution in [1.29, 1.82) is 0 Å². The van der Waals surface area contributed by atoms with Crippen LogP contribution in [0.1, 0.15) is 31.7 Å². The Morgan fingerprint density at radius 1 is 1.47 bits per heavy atom. The summed E-state index contributed by atoms with van der Waals surface area (Å²) in [6, 6.07) is 0.540. The Labute approximate surface area is 102 Å². The molecule has 0 radical (unpaired) electrons. The van der Waals surface area contributed by atoms with Crippen LogP contribution in [0.2, 0.25) is 0 Å². The van der Waals surface area contributed by atoms with Crippen LogP contribution in [-0.4, -0.2) is 28.7 Å². The quantitative estimate of drug-likeness (QED) is 0.828. The van der Waals surface area contributed by atoms with E-state index in [1.807, 2.05) is 13.8 Å². The van der Waals surface area contributed by atoms with E-state index in [0.29, 0.717) is 18.5 Å². The highest BCUT2D eigenvalue weighted by Crippen LogP contribution is 2.25. The van der Waals surface area contributed by atoms with Gasteiger partial charge in [-0.1, -0.05) is 0 Å². The monoisotopic (exact) mass is 236 g/mol. The summed E-state index contributed by atoms with van der Waals surface area (Å²) in [4.78, 5) is 8.38. The van der Waals surface area contributed by atoms with Crippen molar-refractivity contribution >= 4 is 5.82 Å². The van der Waals surface area contributed by atoms with Crippen molar-refractivity contribution in [3.63, 3.8) is 0 Å². The maximum absolute atomic E-state index is 6.04. The van der Waals surface area contributed by atoms with E-state index in [9.17, 15) is 0 Å². The van der Waals surface area contributed by atoms with Crippen LogP contribution in [0.5, 0.6) is 5.88 Å². The van der Waals surface area contributed by atoms with Gasteiger partial charge in [0.25, 0.3) is 0 Å². The molecule has 1 aromatic rings. The van der Waals surface area contributed by atoms with E-state index in [0.717, 1.165) is 24.2 Å². The molecule has 1 aromatic heterocycles. The molecule has 2 rings (SSSR count). The number of anilines is 1. The molecule has 0 spiro atoms. The molecule has 2 unspecified atom stereocenters. The number of nitrogens with zero attached hydrogens (tertiary/aromatic N) is 2. The second-order valence-electron chi connectivity index (χ2n) is 4.43. The minimum Gasteiger partial charge on any atom is -0.478 e. The Balaban J connectivity index is 2.12. The van der Waals surface area contributed by atoms with Crippen LogP contribution in [0.25, 0.3) is 0 Å². The van der Waals surface area contributed by atoms with Gasteiger partial charge in [-0.3, -0.25) is 0 Å². The Hall–Kier alpha value is -1.36. The molecule has 0 aromatic carbocycles. The molecule has 0 saturated heterocycles. The minimum absolute atomic E-state index is 0.222. The van der Waals surface area contributed by atoms with Crippen molar-refractivity contribution in [3.05, 3.63) is 11.9 Å². The van der Waals surface area contributed by atoms with Crippen molar-refractivity contribution in [3.8, 4) is 5.88 Å². The maximum atomic E-state index is 6.04. The van der Waals surface area contributed by atoms with Crippen LogP contribution in [0.15, 0.2) is 6.33 Å². The number of nitrogens with one attached hydrogen (secondary N) is 1. The zero-order valence-electron chi connectivity index (χ0n) is 10.4. The molecular weight excluding hydrogens is 216 g/mol. The third-order valence-electron chi connectivity index (χ3n) is 3.21. The number of nitrogens with two attached hydrogens (primary N) is 1. The van der Waals surface area contributed by atoms with E-state index in [1.165, 1.54) is 12.7 Å². The van der Waals surface area contributed by atoms with Gasteiger partial charge in [-0.05, 0) is 33.1 Å². The van der Waals surface area contributed by atoms with E-state index >= 15 is 0 Å². The predicted molar refractivity (Wildman–Crippen MR) is 67.2 cm³/mol. The van der Waals surface area contributed by atoms with Crippen LogP contribution in [0, 0.1) is 6.92 Å². The molecule has 1 saturated carbocycles. The fourth-order valence-corrected chi connectivity index (χ4v) is 2.21. The summed E-state index contributed by atoms with van der Waals surface area (Å²) in [5.74, 6) is 1.49. The number of rotatable bonds is 4. The lowest BCUT2D eigenvalue weighted by Gasteiger charge is -2.19. The summed E-state index contributed by atoms with van der Waals surface area (Å²) in [6.07, 6.45) is 4.90. The van der Waals surface area contributed by atoms with Gasteiger partial charge in [0.1, 0.15) is 12.1 Å². The number of hydrogen-bond donors (Lipinski definition) is 2. The summed E-state index contributed by atoms with van der Waals surface area (Å²) in [5.41, 5.74) is 6.99. The molecule has 17 heavy (non-hydrogen) atoms. The average molecular weight is 236 g/mol. The Morgan fingerprint density at radius 2 is 2.29 bits per heavy atom. The number of ether oxygens (including phenoxy) is 1. The first kappa shape index (κ1) is 12.1. The second kappa shape index (κ2) is 5.31. The molecular formula is C12H20N4O. The lowest BCUT2D eigenvalue weighted by Crippen LogP contribution is -2.35. The number of aromatic nitrogens is 2. The first-order valence-corrected chi connectivity index (χ1v) is 6.19. The van der Waals surface area contributed by atoms with Crippen molar-refractivity contribution in [2.24, 2.45) is 5.73 Å². The van der Waals surface area contributed by atoms with Gasteiger partial charge in [0, 0.05) is 12.1 Å². The highest BCUT2D eigenvalue weighted by molar-refractivity contribution is 5.48. The Kier molecular flexibility index (Phi) is 3.78. The molecule has 1 fully saturated rings. The Bertz CT molecular complexity index is 383. The molecule has 5 heteroatoms. The summed E-state index contributed by atoms with van der Waals surface area (Å²) >= 11 is 0. The first-order valence-electron chi connectivity index (χ1n) is 6.19. The van der Waals surface area contributed by atoms with E-state index in [-0.39, 0.29) is 6.04 Å². The molecule has 0 amide bonds. The summed E-state index contributed by atoms with van der Waals surface area (Å²) in [7, 11) is 0. The van der Waals surface area contributed by atoms with Crippen LogP contribution in [0.3, 0.4) is 0 Å². The standard InChI is InChI=1S/C12H20N4O/c1-3-17-12-8(2)11(14-7-15-12)16-10-6-4-5-9(10)13/h7,9-10H,3-6,13H2,1-2H3,(H,14,15,16). The van der Waals surface area contributed by atoms with E-state index in [1.54, 1.807) is 0 Å². The largest absolute Gasteiger partial charge is 0.478 e. The maximum Gasteiger partial charge on any atom is 0.221 e. The van der Waals surface area contributed by atoms with E-state index < -0.39 is 0 Å². The number of hydrogen-bond acceptors (Lipinski definition) is 5. The van der Waals surface area contributed by atoms with Crippen molar-refractivity contribution in [2.45, 2.75) is 45.2 Å². The fourth-order valence-electron chi connectivity index (χ4n) is 2.21. The third-order valence-corrected chi connectivity index (χ3v) is 3.21. The zero-order chi connectivity index (χ0) is 12.3. The molecule has 2 atom stereocenters. The smallest absolute Gasteiger partial charge is 0.221 e. The summed E-state index contributed by atoms with van der Waals surface area (Å²) < 4.78 is 5.45. The van der Waals surface area contributed by atoms with Gasteiger partial charge in [0.15, 0.2) is 0 Å². The van der Waals surface area contributed by atoms with Gasteiger partial charge in [-0.2, -0.15) is 0 Å². The van der Waals surface area contributed by atoms with Gasteiger partial charge in [0.2, 0.25) is 5.88 Å². The van der Waals surface area contributed by atoms with Crippen LogP contribution in [0.4, 0.5) is 5.82 Å². The summed E-state index contributed by atoms with van der Waals surface area (Å²) in [6.45, 7) is 4.52. The van der Waals surface area contributed by atoms with Crippen LogP contribution in [-0.2, 0) is 0 Å². The van der Waals surface area contributed by atoms with Crippen molar-refractivity contribution in [2.75, 3.05) is 11.9 Å². The molecule has 1 heterocycles. The Morgan fingerprint density at radius 3 is 2.94 bits per heavy atom. The van der Waals surface area contributed by atoms with Gasteiger partial charge in [0.05, 0.1) is 12.2 Å². The highest BCUT2D eigenvalue weighted by atomic mass is 16.5. The van der Waals surface area contributed by atoms with Gasteiger partial charge in [-0.15, -0.1) is 0 Å². The first-order chi connectivity index (χ1) is 8.22. The molecule has 1 aliphatic carbocycles. The van der Waals surface area contributed by atoms with E-state index in [2.05, 4.69) is 15.3 Å². The van der Waals surface area contributed by atoms with Crippen LogP contribution < -0.4 is 15.8 Å². The molecule has 5 nitrogen and oxygen atoms in total. The molecule has 0 bridgehead atoms. The lowest BCUT2D eigenvalue weighted by atomic mass is 10.2. The molecule has 3 N–H and O–H groups in total. The summed E-state index contributed by atoms with van der Waals surface area (Å²) in [5, 5.41) is 3.40. The van der Waals surface area contributed by atoms with Gasteiger partial charge < -0.3 is 15.8 Å². The van der Waals surface area contributed by atoms with Gasteiger partial charge in [-0.25, -0.2) is 9.97 Å². The van der Waals surface area contributed by atoms with Gasteiger partial charge >= 0.3 is 0 Å². The molecule has 0 aliphatic heterocycles. The molecule has 94 valence electrons. The second-order valence-corrected chi connectivity index (χ2v) is 4.43. The zero-order valence-corrected chi connectivity index (χ0v) is 10.4. The predicted octanol–water partition coefficient (Wildman–Crippen LogP) is 1.48. The van der Waals surface area contributed by atoms with Crippen LogP contribution >= 0.6 is 0 Å². The topological polar surface area (TPSA) is 73.1 Å². The van der Waals surface area contributed by atoms with E-state index in [4.69, 9.17) is 10.5 Å². The third kappa shape index (κ3) is 2.66. The molecule has 1 aliphatic rings. The minimum atomic E-state index is 0.222. The van der Waals surface area contributed by atoms with Crippen molar-refractivity contribution < 1.29 is 4.74 Å². The SMILES string of the molecule is CCOc1ncnc(NC2CCCC2N)c1C.